The van der Waals surface area contributed by atoms with Gasteiger partial charge in [0, 0.05) is 30.3 Å². The zero-order valence-corrected chi connectivity index (χ0v) is 17.7. The lowest BCUT2D eigenvalue weighted by molar-refractivity contribution is 0.180. The predicted molar refractivity (Wildman–Crippen MR) is 116 cm³/mol. The molecule has 1 spiro atoms. The van der Waals surface area contributed by atoms with Gasteiger partial charge in [0.1, 0.15) is 17.5 Å². The summed E-state index contributed by atoms with van der Waals surface area (Å²) < 4.78 is 41.3. The van der Waals surface area contributed by atoms with E-state index in [2.05, 4.69) is 30.1 Å². The molecule has 0 aliphatic carbocycles. The first kappa shape index (κ1) is 21.4. The molecule has 0 aromatic heterocycles. The Kier molecular flexibility index (Phi) is 5.79. The van der Waals surface area contributed by atoms with E-state index in [0.29, 0.717) is 12.2 Å². The second kappa shape index (κ2) is 8.38. The second-order valence-electron chi connectivity index (χ2n) is 8.66. The van der Waals surface area contributed by atoms with Gasteiger partial charge in [-0.25, -0.2) is 18.0 Å². The molecular weight excluding hydrogens is 403 g/mol. The first-order valence-corrected chi connectivity index (χ1v) is 10.5. The molecule has 1 fully saturated rings. The standard InChI is InChI=1S/C24H26F3N3O/c1-16(2)7-10-29-11-8-24(9-12-29)15-30(22-6-4-17(25)13-19(22)24)23(31)28-21-5-3-18(26)14-20(21)27/h3-7,13-14H,8-12,15H2,1-2H3,(H,28,31). The zero-order chi connectivity index (χ0) is 22.2. The molecule has 1 saturated heterocycles. The van der Waals surface area contributed by atoms with Gasteiger partial charge in [0.25, 0.3) is 0 Å². The highest BCUT2D eigenvalue weighted by Crippen LogP contribution is 2.47. The van der Waals surface area contributed by atoms with Gasteiger partial charge in [-0.3, -0.25) is 9.80 Å². The van der Waals surface area contributed by atoms with E-state index in [9.17, 15) is 18.0 Å². The number of anilines is 2. The number of carbonyl (C=O) groups is 1. The number of urea groups is 1. The Bertz CT molecular complexity index is 1020. The molecule has 4 rings (SSSR count). The maximum atomic E-state index is 14.1. The lowest BCUT2D eigenvalue weighted by atomic mass is 9.74. The fourth-order valence-corrected chi connectivity index (χ4v) is 4.50. The highest BCUT2D eigenvalue weighted by molar-refractivity contribution is 6.03. The monoisotopic (exact) mass is 429 g/mol. The smallest absolute Gasteiger partial charge is 0.305 e. The number of piperidine rings is 1. The normalized spacial score (nSPS) is 17.5. The minimum Gasteiger partial charge on any atom is -0.305 e. The van der Waals surface area contributed by atoms with Crippen molar-refractivity contribution in [1.82, 2.24) is 4.90 Å². The fraction of sp³-hybridized carbons (Fsp3) is 0.375. The lowest BCUT2D eigenvalue weighted by Crippen LogP contribution is -2.46. The predicted octanol–water partition coefficient (Wildman–Crippen LogP) is 5.46. The number of nitrogens with zero attached hydrogens (tertiary/aromatic N) is 2. The first-order chi connectivity index (χ1) is 14.8. The Labute approximate surface area is 180 Å². The van der Waals surface area contributed by atoms with E-state index in [1.165, 1.54) is 23.8 Å². The Morgan fingerprint density at radius 2 is 1.74 bits per heavy atom. The Morgan fingerprint density at radius 1 is 1.06 bits per heavy atom. The van der Waals surface area contributed by atoms with Crippen molar-refractivity contribution >= 4 is 17.4 Å². The van der Waals surface area contributed by atoms with Gasteiger partial charge in [0.05, 0.1) is 5.69 Å². The van der Waals surface area contributed by atoms with Crippen LogP contribution in [0.1, 0.15) is 32.3 Å². The summed E-state index contributed by atoms with van der Waals surface area (Å²) in [6, 6.07) is 6.97. The largest absolute Gasteiger partial charge is 0.326 e. The second-order valence-corrected chi connectivity index (χ2v) is 8.66. The van der Waals surface area contributed by atoms with Crippen LogP contribution in [0.4, 0.5) is 29.3 Å². The number of hydrogen-bond donors (Lipinski definition) is 1. The quantitative estimate of drug-likeness (QED) is 0.658. The molecule has 164 valence electrons. The van der Waals surface area contributed by atoms with Crippen LogP contribution in [0.3, 0.4) is 0 Å². The zero-order valence-electron chi connectivity index (χ0n) is 17.7. The van der Waals surface area contributed by atoms with Crippen molar-refractivity contribution in [3.63, 3.8) is 0 Å². The van der Waals surface area contributed by atoms with Crippen LogP contribution in [-0.4, -0.2) is 37.1 Å². The lowest BCUT2D eigenvalue weighted by Gasteiger charge is -2.39. The number of benzene rings is 2. The van der Waals surface area contributed by atoms with E-state index in [0.717, 1.165) is 50.2 Å². The van der Waals surface area contributed by atoms with Crippen LogP contribution in [0.2, 0.25) is 0 Å². The van der Waals surface area contributed by atoms with Crippen molar-refractivity contribution in [1.29, 1.82) is 0 Å². The van der Waals surface area contributed by atoms with Crippen LogP contribution in [0.25, 0.3) is 0 Å². The van der Waals surface area contributed by atoms with Gasteiger partial charge in [-0.1, -0.05) is 11.6 Å². The number of carbonyl (C=O) groups excluding carboxylic acids is 1. The summed E-state index contributed by atoms with van der Waals surface area (Å²) in [5, 5.41) is 2.53. The van der Waals surface area contributed by atoms with E-state index in [1.807, 2.05) is 0 Å². The van der Waals surface area contributed by atoms with Gasteiger partial charge < -0.3 is 5.32 Å². The topological polar surface area (TPSA) is 35.6 Å². The molecule has 0 bridgehead atoms. The molecule has 1 N–H and O–H groups in total. The van der Waals surface area contributed by atoms with Gasteiger partial charge in [0.15, 0.2) is 0 Å². The van der Waals surface area contributed by atoms with Gasteiger partial charge >= 0.3 is 6.03 Å². The summed E-state index contributed by atoms with van der Waals surface area (Å²) in [6.45, 7) is 7.12. The van der Waals surface area contributed by atoms with E-state index < -0.39 is 17.7 Å². The molecular formula is C24H26F3N3O. The highest BCUT2D eigenvalue weighted by atomic mass is 19.1. The van der Waals surface area contributed by atoms with E-state index in [1.54, 1.807) is 11.0 Å². The van der Waals surface area contributed by atoms with Crippen LogP contribution < -0.4 is 10.2 Å². The molecule has 7 heteroatoms. The summed E-state index contributed by atoms with van der Waals surface area (Å²) in [4.78, 5) is 16.9. The van der Waals surface area contributed by atoms with Crippen molar-refractivity contribution in [2.24, 2.45) is 0 Å². The van der Waals surface area contributed by atoms with Crippen molar-refractivity contribution < 1.29 is 18.0 Å². The molecule has 2 aliphatic heterocycles. The molecule has 0 atom stereocenters. The molecule has 31 heavy (non-hydrogen) atoms. The summed E-state index contributed by atoms with van der Waals surface area (Å²) >= 11 is 0. The summed E-state index contributed by atoms with van der Waals surface area (Å²) in [7, 11) is 0. The van der Waals surface area contributed by atoms with Gasteiger partial charge in [-0.15, -0.1) is 0 Å². The number of amides is 2. The molecule has 2 heterocycles. The number of likely N-dealkylation sites (tertiary alicyclic amines) is 1. The summed E-state index contributed by atoms with van der Waals surface area (Å²) in [5.74, 6) is -1.89. The number of rotatable bonds is 3. The van der Waals surface area contributed by atoms with Gasteiger partial charge in [-0.05, 0) is 75.7 Å². The highest BCUT2D eigenvalue weighted by Gasteiger charge is 2.46. The van der Waals surface area contributed by atoms with Crippen LogP contribution >= 0.6 is 0 Å². The van der Waals surface area contributed by atoms with Crippen molar-refractivity contribution in [3.05, 3.63) is 71.1 Å². The maximum absolute atomic E-state index is 14.1. The molecule has 0 unspecified atom stereocenters. The number of fused-ring (bicyclic) bond motifs is 2. The molecule has 4 nitrogen and oxygen atoms in total. The third-order valence-corrected chi connectivity index (χ3v) is 6.27. The molecule has 2 aromatic carbocycles. The minimum atomic E-state index is -0.839. The Morgan fingerprint density at radius 3 is 2.42 bits per heavy atom. The number of nitrogens with one attached hydrogen (secondary N) is 1. The van der Waals surface area contributed by atoms with Crippen LogP contribution in [0, 0.1) is 17.5 Å². The van der Waals surface area contributed by atoms with Crippen molar-refractivity contribution in [2.45, 2.75) is 32.1 Å². The van der Waals surface area contributed by atoms with E-state index >= 15 is 0 Å². The Hall–Kier alpha value is -2.80. The van der Waals surface area contributed by atoms with E-state index in [4.69, 9.17) is 0 Å². The average Bonchev–Trinajstić information content (AvgIpc) is 3.03. The van der Waals surface area contributed by atoms with Crippen LogP contribution in [-0.2, 0) is 5.41 Å². The number of allylic oxidation sites excluding steroid dienone is 1. The van der Waals surface area contributed by atoms with Crippen LogP contribution in [0.15, 0.2) is 48.0 Å². The summed E-state index contributed by atoms with van der Waals surface area (Å²) in [6.07, 6.45) is 3.79. The third kappa shape index (κ3) is 4.32. The number of hydrogen-bond acceptors (Lipinski definition) is 2. The van der Waals surface area contributed by atoms with Crippen molar-refractivity contribution in [2.75, 3.05) is 36.4 Å². The molecule has 2 aromatic rings. The van der Waals surface area contributed by atoms with Crippen molar-refractivity contribution in [3.8, 4) is 0 Å². The Balaban J connectivity index is 1.56. The van der Waals surface area contributed by atoms with Gasteiger partial charge in [-0.2, -0.15) is 0 Å². The van der Waals surface area contributed by atoms with E-state index in [-0.39, 0.29) is 16.9 Å². The fourth-order valence-electron chi connectivity index (χ4n) is 4.50. The number of halogens is 3. The molecule has 0 saturated carbocycles. The first-order valence-electron chi connectivity index (χ1n) is 10.5. The molecule has 2 aliphatic rings. The van der Waals surface area contributed by atoms with Crippen LogP contribution in [0.5, 0.6) is 0 Å². The summed E-state index contributed by atoms with van der Waals surface area (Å²) in [5.41, 5.74) is 2.30. The SMILES string of the molecule is CC(C)=CCN1CCC2(CC1)CN(C(=O)Nc1ccc(F)cc1F)c1ccc(F)cc12. The van der Waals surface area contributed by atoms with Gasteiger partial charge in [0.2, 0.25) is 0 Å². The minimum absolute atomic E-state index is 0.0902. The average molecular weight is 429 g/mol. The molecule has 2 amide bonds. The molecule has 0 radical (unpaired) electrons. The third-order valence-electron chi connectivity index (χ3n) is 6.27. The maximum Gasteiger partial charge on any atom is 0.326 e.